The fourth-order valence-electron chi connectivity index (χ4n) is 3.78. The molecule has 0 aliphatic carbocycles. The maximum Gasteiger partial charge on any atom is 0.410 e. The lowest BCUT2D eigenvalue weighted by Gasteiger charge is -2.26. The van der Waals surface area contributed by atoms with Gasteiger partial charge in [0.25, 0.3) is 0 Å². The molecule has 4 rings (SSSR count). The van der Waals surface area contributed by atoms with Crippen LogP contribution in [0.5, 0.6) is 5.75 Å². The second-order valence-corrected chi connectivity index (χ2v) is 7.77. The Balaban J connectivity index is 1.68. The SMILES string of the molecule is CC(C)N1CCOc2cccc(c2)C2C=NCCc3ccc(nc32)NCCOC1=O. The summed E-state index contributed by atoms with van der Waals surface area (Å²) in [5, 5.41) is 3.28. The van der Waals surface area contributed by atoms with Crippen molar-refractivity contribution in [3.05, 3.63) is 53.2 Å². The zero-order chi connectivity index (χ0) is 20.9. The Morgan fingerprint density at radius 1 is 1.17 bits per heavy atom. The Hall–Kier alpha value is -3.09. The van der Waals surface area contributed by atoms with E-state index in [9.17, 15) is 4.79 Å². The third kappa shape index (κ3) is 4.56. The van der Waals surface area contributed by atoms with Crippen molar-refractivity contribution in [2.45, 2.75) is 32.2 Å². The van der Waals surface area contributed by atoms with E-state index in [4.69, 9.17) is 14.5 Å². The summed E-state index contributed by atoms with van der Waals surface area (Å²) in [6.07, 6.45) is 2.53. The minimum absolute atomic E-state index is 0.0225. The van der Waals surface area contributed by atoms with Crippen LogP contribution in [0.2, 0.25) is 0 Å². The molecule has 1 N–H and O–H groups in total. The molecule has 2 aliphatic rings. The zero-order valence-corrected chi connectivity index (χ0v) is 17.5. The number of rotatable bonds is 1. The van der Waals surface area contributed by atoms with E-state index >= 15 is 0 Å². The van der Waals surface area contributed by atoms with E-state index in [1.165, 1.54) is 5.56 Å². The van der Waals surface area contributed by atoms with Gasteiger partial charge in [0.15, 0.2) is 0 Å². The average Bonchev–Trinajstić information content (AvgIpc) is 2.95. The minimum atomic E-state index is -0.331. The Morgan fingerprint density at radius 3 is 2.93 bits per heavy atom. The van der Waals surface area contributed by atoms with E-state index in [2.05, 4.69) is 22.4 Å². The second-order valence-electron chi connectivity index (χ2n) is 7.77. The van der Waals surface area contributed by atoms with Crippen LogP contribution in [0.15, 0.2) is 41.4 Å². The summed E-state index contributed by atoms with van der Waals surface area (Å²) in [7, 11) is 0. The van der Waals surface area contributed by atoms with Gasteiger partial charge in [0, 0.05) is 18.8 Å². The molecule has 1 atom stereocenters. The molecule has 7 nitrogen and oxygen atoms in total. The number of carbonyl (C=O) groups excluding carboxylic acids is 1. The summed E-state index contributed by atoms with van der Waals surface area (Å²) >= 11 is 0. The number of aromatic nitrogens is 1. The molecule has 0 spiro atoms. The van der Waals surface area contributed by atoms with Crippen LogP contribution in [-0.2, 0) is 11.2 Å². The fraction of sp³-hybridized carbons (Fsp3) is 0.435. The molecular weight excluding hydrogens is 380 g/mol. The molecule has 2 aliphatic heterocycles. The van der Waals surface area contributed by atoms with Crippen LogP contribution in [0.4, 0.5) is 10.6 Å². The number of nitrogens with zero attached hydrogens (tertiary/aromatic N) is 3. The molecule has 0 saturated heterocycles. The van der Waals surface area contributed by atoms with Crippen molar-refractivity contribution in [3.8, 4) is 5.75 Å². The average molecular weight is 409 g/mol. The predicted octanol–water partition coefficient (Wildman–Crippen LogP) is 3.49. The van der Waals surface area contributed by atoms with Crippen molar-refractivity contribution < 1.29 is 14.3 Å². The summed E-state index contributed by atoms with van der Waals surface area (Å²) in [4.78, 5) is 23.6. The van der Waals surface area contributed by atoms with Crippen LogP contribution in [0.1, 0.15) is 36.6 Å². The molecule has 158 valence electrons. The summed E-state index contributed by atoms with van der Waals surface area (Å²) in [6.45, 7) is 6.32. The first-order valence-electron chi connectivity index (χ1n) is 10.5. The summed E-state index contributed by atoms with van der Waals surface area (Å²) in [6, 6.07) is 12.2. The van der Waals surface area contributed by atoms with E-state index in [0.717, 1.165) is 35.8 Å². The third-order valence-electron chi connectivity index (χ3n) is 5.38. The smallest absolute Gasteiger partial charge is 0.410 e. The molecule has 0 fully saturated rings. The molecule has 1 aromatic carbocycles. The van der Waals surface area contributed by atoms with Crippen LogP contribution in [0.25, 0.3) is 0 Å². The van der Waals surface area contributed by atoms with Gasteiger partial charge in [-0.05, 0) is 49.6 Å². The van der Waals surface area contributed by atoms with Crippen molar-refractivity contribution in [2.75, 3.05) is 38.2 Å². The highest BCUT2D eigenvalue weighted by molar-refractivity contribution is 5.74. The number of amides is 1. The van der Waals surface area contributed by atoms with E-state index < -0.39 is 0 Å². The molecule has 2 aromatic rings. The minimum Gasteiger partial charge on any atom is -0.492 e. The van der Waals surface area contributed by atoms with Crippen molar-refractivity contribution in [1.82, 2.24) is 9.88 Å². The number of hydrogen-bond donors (Lipinski definition) is 1. The number of ether oxygens (including phenoxy) is 2. The first-order chi connectivity index (χ1) is 14.6. The molecule has 4 bridgehead atoms. The third-order valence-corrected chi connectivity index (χ3v) is 5.38. The molecule has 0 radical (unpaired) electrons. The lowest BCUT2D eigenvalue weighted by atomic mass is 9.93. The van der Waals surface area contributed by atoms with Crippen molar-refractivity contribution in [3.63, 3.8) is 0 Å². The highest BCUT2D eigenvalue weighted by Crippen LogP contribution is 2.30. The monoisotopic (exact) mass is 408 g/mol. The summed E-state index contributed by atoms with van der Waals surface area (Å²) in [5.41, 5.74) is 3.30. The largest absolute Gasteiger partial charge is 0.492 e. The van der Waals surface area contributed by atoms with Gasteiger partial charge in [0.05, 0.1) is 24.7 Å². The Bertz CT molecular complexity index is 928. The zero-order valence-electron chi connectivity index (χ0n) is 17.5. The number of fused-ring (bicyclic) bond motifs is 4. The predicted molar refractivity (Wildman–Crippen MR) is 117 cm³/mol. The highest BCUT2D eigenvalue weighted by Gasteiger charge is 2.22. The maximum absolute atomic E-state index is 12.5. The van der Waals surface area contributed by atoms with Crippen LogP contribution < -0.4 is 10.1 Å². The van der Waals surface area contributed by atoms with Crippen LogP contribution in [0.3, 0.4) is 0 Å². The topological polar surface area (TPSA) is 76.1 Å². The lowest BCUT2D eigenvalue weighted by molar-refractivity contribution is 0.0877. The number of benzene rings is 1. The Labute approximate surface area is 177 Å². The summed E-state index contributed by atoms with van der Waals surface area (Å²) < 4.78 is 11.4. The van der Waals surface area contributed by atoms with Crippen molar-refractivity contribution in [2.24, 2.45) is 4.99 Å². The number of nitrogens with one attached hydrogen (secondary N) is 1. The van der Waals surface area contributed by atoms with Crippen molar-refractivity contribution in [1.29, 1.82) is 0 Å². The van der Waals surface area contributed by atoms with Crippen molar-refractivity contribution >= 4 is 18.1 Å². The van der Waals surface area contributed by atoms with Gasteiger partial charge in [0.2, 0.25) is 0 Å². The number of carbonyl (C=O) groups is 1. The van der Waals surface area contributed by atoms with Gasteiger partial charge in [-0.1, -0.05) is 18.2 Å². The number of anilines is 1. The van der Waals surface area contributed by atoms with E-state index in [-0.39, 0.29) is 24.7 Å². The molecule has 3 heterocycles. The normalized spacial score (nSPS) is 19.5. The van der Waals surface area contributed by atoms with Gasteiger partial charge < -0.3 is 19.7 Å². The van der Waals surface area contributed by atoms with Crippen LogP contribution >= 0.6 is 0 Å². The standard InChI is InChI=1S/C23H28N4O3/c1-16(2)27-11-13-29-19-5-3-4-18(14-19)20-15-24-9-8-17-6-7-21(26-22(17)20)25-10-12-30-23(27)28/h3-7,14-16,20H,8-13H2,1-2H3,(H,25,26). The molecular formula is C23H28N4O3. The Morgan fingerprint density at radius 2 is 2.07 bits per heavy atom. The first-order valence-corrected chi connectivity index (χ1v) is 10.5. The first kappa shape index (κ1) is 20.2. The number of aliphatic imine (C=N–C) groups is 1. The van der Waals surface area contributed by atoms with Gasteiger partial charge in [-0.25, -0.2) is 9.78 Å². The lowest BCUT2D eigenvalue weighted by Crippen LogP contribution is -2.40. The van der Waals surface area contributed by atoms with Gasteiger partial charge >= 0.3 is 6.09 Å². The number of pyridine rings is 1. The molecule has 1 aromatic heterocycles. The van der Waals surface area contributed by atoms with E-state index in [1.54, 1.807) is 4.90 Å². The van der Waals surface area contributed by atoms with E-state index in [0.29, 0.717) is 19.7 Å². The fourth-order valence-corrected chi connectivity index (χ4v) is 3.78. The molecule has 0 saturated carbocycles. The Kier molecular flexibility index (Phi) is 6.16. The molecule has 1 unspecified atom stereocenters. The number of cyclic esters (lactones) is 1. The van der Waals surface area contributed by atoms with Crippen LogP contribution in [-0.4, -0.2) is 61.1 Å². The summed E-state index contributed by atoms with van der Waals surface area (Å²) in [5.74, 6) is 1.51. The number of hydrogen-bond acceptors (Lipinski definition) is 6. The molecule has 7 heteroatoms. The second kappa shape index (κ2) is 9.15. The highest BCUT2D eigenvalue weighted by atomic mass is 16.6. The van der Waals surface area contributed by atoms with E-state index in [1.807, 2.05) is 44.3 Å². The maximum atomic E-state index is 12.5. The van der Waals surface area contributed by atoms with Gasteiger partial charge in [-0.2, -0.15) is 0 Å². The molecule has 1 amide bonds. The van der Waals surface area contributed by atoms with Gasteiger partial charge in [-0.15, -0.1) is 0 Å². The van der Waals surface area contributed by atoms with Gasteiger partial charge in [-0.3, -0.25) is 4.99 Å². The molecule has 30 heavy (non-hydrogen) atoms. The van der Waals surface area contributed by atoms with Gasteiger partial charge in [0.1, 0.15) is 24.8 Å². The quantitative estimate of drug-likeness (QED) is 0.782. The van der Waals surface area contributed by atoms with Crippen LogP contribution in [0, 0.1) is 0 Å².